The molecule has 1 atom stereocenters. The Labute approximate surface area is 103 Å². The van der Waals surface area contributed by atoms with Gasteiger partial charge in [-0.3, -0.25) is 0 Å². The summed E-state index contributed by atoms with van der Waals surface area (Å²) in [6.45, 7) is 7.58. The van der Waals surface area contributed by atoms with Crippen LogP contribution in [-0.4, -0.2) is 11.6 Å². The molecule has 3 nitrogen and oxygen atoms in total. The van der Waals surface area contributed by atoms with Crippen molar-refractivity contribution in [3.05, 3.63) is 35.4 Å². The highest BCUT2D eigenvalue weighted by atomic mass is 16.6. The van der Waals surface area contributed by atoms with Crippen LogP contribution in [0.15, 0.2) is 24.3 Å². The van der Waals surface area contributed by atoms with Crippen LogP contribution >= 0.6 is 0 Å². The summed E-state index contributed by atoms with van der Waals surface area (Å²) >= 11 is 0. The van der Waals surface area contributed by atoms with E-state index in [-0.39, 0.29) is 12.0 Å². The lowest BCUT2D eigenvalue weighted by atomic mass is 10.0. The second-order valence-electron chi connectivity index (χ2n) is 5.14. The lowest BCUT2D eigenvalue weighted by Crippen LogP contribution is -2.24. The summed E-state index contributed by atoms with van der Waals surface area (Å²) in [7, 11) is 0. The van der Waals surface area contributed by atoms with Crippen LogP contribution in [-0.2, 0) is 4.74 Å². The minimum absolute atomic E-state index is 0.0302. The Morgan fingerprint density at radius 3 is 2.59 bits per heavy atom. The largest absolute Gasteiger partial charge is 0.456 e. The van der Waals surface area contributed by atoms with Gasteiger partial charge < -0.3 is 10.5 Å². The molecule has 0 saturated heterocycles. The summed E-state index contributed by atoms with van der Waals surface area (Å²) in [5.74, 6) is -0.303. The van der Waals surface area contributed by atoms with Gasteiger partial charge in [-0.2, -0.15) is 0 Å². The van der Waals surface area contributed by atoms with Crippen LogP contribution < -0.4 is 5.73 Å². The molecule has 0 aliphatic carbocycles. The van der Waals surface area contributed by atoms with Gasteiger partial charge in [-0.25, -0.2) is 4.79 Å². The molecule has 17 heavy (non-hydrogen) atoms. The van der Waals surface area contributed by atoms with E-state index in [1.165, 1.54) is 0 Å². The van der Waals surface area contributed by atoms with Crippen LogP contribution in [0.2, 0.25) is 0 Å². The number of hydrogen-bond donors (Lipinski definition) is 1. The Kier molecular flexibility index (Phi) is 4.29. The smallest absolute Gasteiger partial charge is 0.338 e. The number of carbonyl (C=O) groups excluding carboxylic acids is 1. The first kappa shape index (κ1) is 13.7. The molecule has 0 heterocycles. The maximum Gasteiger partial charge on any atom is 0.338 e. The zero-order valence-corrected chi connectivity index (χ0v) is 11.0. The van der Waals surface area contributed by atoms with Crippen molar-refractivity contribution in [2.24, 2.45) is 5.73 Å². The molecule has 0 radical (unpaired) electrons. The van der Waals surface area contributed by atoms with Gasteiger partial charge in [0.15, 0.2) is 0 Å². The van der Waals surface area contributed by atoms with E-state index in [4.69, 9.17) is 10.5 Å². The average molecular weight is 235 g/mol. The highest BCUT2D eigenvalue weighted by Crippen LogP contribution is 2.17. The summed E-state index contributed by atoms with van der Waals surface area (Å²) in [6.07, 6.45) is 0.845. The van der Waals surface area contributed by atoms with Crippen LogP contribution in [0.25, 0.3) is 0 Å². The molecule has 0 saturated carbocycles. The maximum absolute atomic E-state index is 11.9. The number of ether oxygens (including phenoxy) is 1. The zero-order valence-electron chi connectivity index (χ0n) is 11.0. The first-order valence-corrected chi connectivity index (χ1v) is 5.92. The predicted molar refractivity (Wildman–Crippen MR) is 68.8 cm³/mol. The van der Waals surface area contributed by atoms with Crippen LogP contribution in [0.1, 0.15) is 56.1 Å². The molecule has 0 amide bonds. The Balaban J connectivity index is 2.88. The Morgan fingerprint density at radius 1 is 1.41 bits per heavy atom. The minimum Gasteiger partial charge on any atom is -0.456 e. The lowest BCUT2D eigenvalue weighted by molar-refractivity contribution is 0.00694. The van der Waals surface area contributed by atoms with E-state index >= 15 is 0 Å². The number of benzene rings is 1. The van der Waals surface area contributed by atoms with Crippen LogP contribution in [0.3, 0.4) is 0 Å². The number of hydrogen-bond acceptors (Lipinski definition) is 3. The second kappa shape index (κ2) is 5.32. The Bertz CT molecular complexity index is 393. The fourth-order valence-electron chi connectivity index (χ4n) is 1.47. The van der Waals surface area contributed by atoms with Gasteiger partial charge in [0, 0.05) is 6.04 Å². The summed E-state index contributed by atoms with van der Waals surface area (Å²) in [4.78, 5) is 11.9. The quantitative estimate of drug-likeness (QED) is 0.819. The van der Waals surface area contributed by atoms with Gasteiger partial charge in [0.25, 0.3) is 0 Å². The normalized spacial score (nSPS) is 13.2. The molecule has 1 aromatic carbocycles. The van der Waals surface area contributed by atoms with Crippen molar-refractivity contribution in [3.63, 3.8) is 0 Å². The zero-order chi connectivity index (χ0) is 13.1. The van der Waals surface area contributed by atoms with Gasteiger partial charge in [0.05, 0.1) is 5.56 Å². The van der Waals surface area contributed by atoms with Crippen molar-refractivity contribution in [3.8, 4) is 0 Å². The monoisotopic (exact) mass is 235 g/mol. The molecule has 1 rings (SSSR count). The number of nitrogens with two attached hydrogens (primary N) is 1. The highest BCUT2D eigenvalue weighted by molar-refractivity contribution is 5.89. The van der Waals surface area contributed by atoms with Crippen molar-refractivity contribution < 1.29 is 9.53 Å². The molecular formula is C14H21NO2. The summed E-state index contributed by atoms with van der Waals surface area (Å²) in [5, 5.41) is 0. The van der Waals surface area contributed by atoms with E-state index in [1.807, 2.05) is 45.9 Å². The third kappa shape index (κ3) is 4.19. The van der Waals surface area contributed by atoms with Crippen molar-refractivity contribution in [1.82, 2.24) is 0 Å². The topological polar surface area (TPSA) is 52.3 Å². The fraction of sp³-hybridized carbons (Fsp3) is 0.500. The predicted octanol–water partition coefficient (Wildman–Crippen LogP) is 3.05. The van der Waals surface area contributed by atoms with E-state index in [0.29, 0.717) is 5.56 Å². The molecule has 0 aromatic heterocycles. The third-order valence-corrected chi connectivity index (χ3v) is 2.39. The molecular weight excluding hydrogens is 214 g/mol. The number of rotatable bonds is 3. The van der Waals surface area contributed by atoms with Crippen LogP contribution in [0.4, 0.5) is 0 Å². The summed E-state index contributed by atoms with van der Waals surface area (Å²) in [5.41, 5.74) is 6.99. The molecule has 0 unspecified atom stereocenters. The first-order chi connectivity index (χ1) is 7.83. The van der Waals surface area contributed by atoms with Gasteiger partial charge in [-0.1, -0.05) is 19.1 Å². The maximum atomic E-state index is 11.9. The standard InChI is InChI=1S/C14H21NO2/c1-5-12(15)10-7-6-8-11(9-10)13(16)17-14(2,3)4/h6-9,12H,5,15H2,1-4H3/t12-/m0/s1. The van der Waals surface area contributed by atoms with E-state index in [9.17, 15) is 4.79 Å². The van der Waals surface area contributed by atoms with Gasteiger partial charge >= 0.3 is 5.97 Å². The molecule has 0 aliphatic rings. The minimum atomic E-state index is -0.472. The summed E-state index contributed by atoms with van der Waals surface area (Å²) < 4.78 is 5.31. The molecule has 1 aromatic rings. The van der Waals surface area contributed by atoms with Gasteiger partial charge in [-0.05, 0) is 44.9 Å². The number of esters is 1. The van der Waals surface area contributed by atoms with Crippen molar-refractivity contribution >= 4 is 5.97 Å². The van der Waals surface area contributed by atoms with Crippen molar-refractivity contribution in [2.45, 2.75) is 45.8 Å². The molecule has 0 bridgehead atoms. The van der Waals surface area contributed by atoms with Gasteiger partial charge in [-0.15, -0.1) is 0 Å². The molecule has 94 valence electrons. The molecule has 2 N–H and O–H groups in total. The molecule has 0 fully saturated rings. The van der Waals surface area contributed by atoms with E-state index in [0.717, 1.165) is 12.0 Å². The molecule has 0 aliphatic heterocycles. The van der Waals surface area contributed by atoms with E-state index in [1.54, 1.807) is 6.07 Å². The van der Waals surface area contributed by atoms with E-state index < -0.39 is 5.60 Å². The van der Waals surface area contributed by atoms with E-state index in [2.05, 4.69) is 0 Å². The molecule has 0 spiro atoms. The van der Waals surface area contributed by atoms with Crippen LogP contribution in [0, 0.1) is 0 Å². The lowest BCUT2D eigenvalue weighted by Gasteiger charge is -2.20. The second-order valence-corrected chi connectivity index (χ2v) is 5.14. The third-order valence-electron chi connectivity index (χ3n) is 2.39. The first-order valence-electron chi connectivity index (χ1n) is 5.92. The molecule has 3 heteroatoms. The van der Waals surface area contributed by atoms with Crippen molar-refractivity contribution in [1.29, 1.82) is 0 Å². The fourth-order valence-corrected chi connectivity index (χ4v) is 1.47. The van der Waals surface area contributed by atoms with Gasteiger partial charge in [0.2, 0.25) is 0 Å². The van der Waals surface area contributed by atoms with Gasteiger partial charge in [0.1, 0.15) is 5.60 Å². The average Bonchev–Trinajstić information content (AvgIpc) is 2.26. The van der Waals surface area contributed by atoms with Crippen molar-refractivity contribution in [2.75, 3.05) is 0 Å². The SMILES string of the molecule is CC[C@H](N)c1cccc(C(=O)OC(C)(C)C)c1. The number of carbonyl (C=O) groups is 1. The Morgan fingerprint density at radius 2 is 2.06 bits per heavy atom. The highest BCUT2D eigenvalue weighted by Gasteiger charge is 2.18. The summed E-state index contributed by atoms with van der Waals surface area (Å²) in [6, 6.07) is 7.30. The van der Waals surface area contributed by atoms with Crippen LogP contribution in [0.5, 0.6) is 0 Å². The Hall–Kier alpha value is -1.35.